The van der Waals surface area contributed by atoms with Crippen LogP contribution in [0.1, 0.15) is 56.4 Å². The van der Waals surface area contributed by atoms with Gasteiger partial charge in [0.25, 0.3) is 0 Å². The largest absolute Gasteiger partial charge is 0.369 e. The van der Waals surface area contributed by atoms with Crippen molar-refractivity contribution < 1.29 is 0 Å². The minimum atomic E-state index is 0.469. The molecule has 1 aliphatic rings. The van der Waals surface area contributed by atoms with Crippen LogP contribution in [0.5, 0.6) is 0 Å². The quantitative estimate of drug-likeness (QED) is 0.909. The Labute approximate surface area is 121 Å². The number of para-hydroxylation sites is 1. The lowest BCUT2D eigenvalue weighted by atomic mass is 10.0. The zero-order valence-corrected chi connectivity index (χ0v) is 12.8. The van der Waals surface area contributed by atoms with Gasteiger partial charge < -0.3 is 5.32 Å². The number of fused-ring (bicyclic) bond motifs is 1. The Morgan fingerprint density at radius 3 is 2.55 bits per heavy atom. The second-order valence-corrected chi connectivity index (χ2v) is 6.17. The molecule has 1 aromatic carbocycles. The molecule has 0 aliphatic carbocycles. The highest BCUT2D eigenvalue weighted by atomic mass is 15.3. The van der Waals surface area contributed by atoms with Gasteiger partial charge in [-0.2, -0.15) is 5.10 Å². The molecule has 0 bridgehead atoms. The second-order valence-electron chi connectivity index (χ2n) is 6.17. The fourth-order valence-corrected chi connectivity index (χ4v) is 3.01. The SMILES string of the molecule is CC(C)c1ccccc1-n1nc(C(C)C)c2c1NCC2. The van der Waals surface area contributed by atoms with Gasteiger partial charge in [0.05, 0.1) is 11.4 Å². The fraction of sp³-hybridized carbons (Fsp3) is 0.471. The smallest absolute Gasteiger partial charge is 0.133 e. The van der Waals surface area contributed by atoms with Crippen LogP contribution in [0.3, 0.4) is 0 Å². The predicted molar refractivity (Wildman–Crippen MR) is 83.9 cm³/mol. The monoisotopic (exact) mass is 269 g/mol. The molecule has 3 heteroatoms. The van der Waals surface area contributed by atoms with Crippen LogP contribution in [-0.4, -0.2) is 16.3 Å². The molecule has 0 atom stereocenters. The van der Waals surface area contributed by atoms with Crippen molar-refractivity contribution in [3.8, 4) is 5.69 Å². The van der Waals surface area contributed by atoms with E-state index >= 15 is 0 Å². The summed E-state index contributed by atoms with van der Waals surface area (Å²) in [6.45, 7) is 9.94. The van der Waals surface area contributed by atoms with E-state index in [4.69, 9.17) is 5.10 Å². The summed E-state index contributed by atoms with van der Waals surface area (Å²) in [4.78, 5) is 0. The first kappa shape index (κ1) is 13.2. The average molecular weight is 269 g/mol. The van der Waals surface area contributed by atoms with Gasteiger partial charge in [-0.15, -0.1) is 0 Å². The van der Waals surface area contributed by atoms with Crippen molar-refractivity contribution >= 4 is 5.82 Å². The van der Waals surface area contributed by atoms with Gasteiger partial charge in [-0.05, 0) is 29.9 Å². The van der Waals surface area contributed by atoms with Gasteiger partial charge in [-0.1, -0.05) is 45.9 Å². The maximum atomic E-state index is 4.90. The van der Waals surface area contributed by atoms with E-state index in [1.165, 1.54) is 28.3 Å². The summed E-state index contributed by atoms with van der Waals surface area (Å²) in [6.07, 6.45) is 1.09. The molecule has 1 aromatic heterocycles. The molecule has 0 saturated carbocycles. The molecule has 0 saturated heterocycles. The number of anilines is 1. The number of hydrogen-bond acceptors (Lipinski definition) is 2. The van der Waals surface area contributed by atoms with Gasteiger partial charge in [0.1, 0.15) is 5.82 Å². The molecule has 3 rings (SSSR count). The Morgan fingerprint density at radius 2 is 1.85 bits per heavy atom. The summed E-state index contributed by atoms with van der Waals surface area (Å²) in [6, 6.07) is 8.59. The van der Waals surface area contributed by atoms with Gasteiger partial charge >= 0.3 is 0 Å². The van der Waals surface area contributed by atoms with Crippen molar-refractivity contribution in [1.29, 1.82) is 0 Å². The normalized spacial score (nSPS) is 13.9. The van der Waals surface area contributed by atoms with Crippen molar-refractivity contribution in [2.24, 2.45) is 0 Å². The Balaban J connectivity index is 2.19. The molecule has 0 fully saturated rings. The maximum Gasteiger partial charge on any atom is 0.133 e. The maximum absolute atomic E-state index is 4.90. The first-order valence-electron chi connectivity index (χ1n) is 7.54. The van der Waals surface area contributed by atoms with Crippen LogP contribution in [-0.2, 0) is 6.42 Å². The van der Waals surface area contributed by atoms with Crippen LogP contribution >= 0.6 is 0 Å². The molecule has 0 unspecified atom stereocenters. The summed E-state index contributed by atoms with van der Waals surface area (Å²) < 4.78 is 2.12. The lowest BCUT2D eigenvalue weighted by molar-refractivity contribution is 0.745. The fourth-order valence-electron chi connectivity index (χ4n) is 3.01. The third kappa shape index (κ3) is 2.01. The van der Waals surface area contributed by atoms with Crippen LogP contribution < -0.4 is 5.32 Å². The first-order valence-corrected chi connectivity index (χ1v) is 7.54. The van der Waals surface area contributed by atoms with E-state index in [0.29, 0.717) is 11.8 Å². The topological polar surface area (TPSA) is 29.9 Å². The molecule has 3 nitrogen and oxygen atoms in total. The molecule has 2 aromatic rings. The number of nitrogens with zero attached hydrogens (tertiary/aromatic N) is 2. The van der Waals surface area contributed by atoms with Gasteiger partial charge in [0, 0.05) is 12.1 Å². The number of rotatable bonds is 3. The predicted octanol–water partition coefficient (Wildman–Crippen LogP) is 4.09. The van der Waals surface area contributed by atoms with E-state index in [1.807, 2.05) is 0 Å². The molecule has 20 heavy (non-hydrogen) atoms. The summed E-state index contributed by atoms with van der Waals surface area (Å²) in [7, 11) is 0. The van der Waals surface area contributed by atoms with Gasteiger partial charge in [0.2, 0.25) is 0 Å². The van der Waals surface area contributed by atoms with E-state index in [9.17, 15) is 0 Å². The lowest BCUT2D eigenvalue weighted by Crippen LogP contribution is -2.08. The molecule has 0 spiro atoms. The van der Waals surface area contributed by atoms with Crippen LogP contribution in [0.4, 0.5) is 5.82 Å². The first-order chi connectivity index (χ1) is 9.59. The average Bonchev–Trinajstić information content (AvgIpc) is 2.99. The Bertz CT molecular complexity index is 623. The molecule has 1 N–H and O–H groups in total. The van der Waals surface area contributed by atoms with Gasteiger partial charge in [0.15, 0.2) is 0 Å². The summed E-state index contributed by atoms with van der Waals surface area (Å²) in [5.74, 6) is 2.16. The highest BCUT2D eigenvalue weighted by Gasteiger charge is 2.25. The molecule has 0 amide bonds. The van der Waals surface area contributed by atoms with E-state index in [2.05, 4.69) is 62.0 Å². The zero-order valence-electron chi connectivity index (χ0n) is 12.8. The minimum Gasteiger partial charge on any atom is -0.369 e. The number of aromatic nitrogens is 2. The van der Waals surface area contributed by atoms with Crippen molar-refractivity contribution in [2.45, 2.75) is 46.0 Å². The van der Waals surface area contributed by atoms with E-state index in [-0.39, 0.29) is 0 Å². The van der Waals surface area contributed by atoms with E-state index in [0.717, 1.165) is 13.0 Å². The Morgan fingerprint density at radius 1 is 1.10 bits per heavy atom. The van der Waals surface area contributed by atoms with E-state index in [1.54, 1.807) is 0 Å². The van der Waals surface area contributed by atoms with Crippen LogP contribution in [0.15, 0.2) is 24.3 Å². The zero-order chi connectivity index (χ0) is 14.3. The Hall–Kier alpha value is -1.77. The van der Waals surface area contributed by atoms with Crippen molar-refractivity contribution in [2.75, 3.05) is 11.9 Å². The molecule has 0 radical (unpaired) electrons. The standard InChI is InChI=1S/C17H23N3/c1-11(2)13-7-5-6-8-15(13)20-17-14(9-10-18-17)16(19-20)12(3)4/h5-8,11-12,18H,9-10H2,1-4H3. The summed E-state index contributed by atoms with van der Waals surface area (Å²) in [5.41, 5.74) is 5.20. The summed E-state index contributed by atoms with van der Waals surface area (Å²) >= 11 is 0. The van der Waals surface area contributed by atoms with Crippen LogP contribution in [0.2, 0.25) is 0 Å². The van der Waals surface area contributed by atoms with Gasteiger partial charge in [-0.25, -0.2) is 4.68 Å². The van der Waals surface area contributed by atoms with Gasteiger partial charge in [-0.3, -0.25) is 0 Å². The van der Waals surface area contributed by atoms with Crippen LogP contribution in [0.25, 0.3) is 5.69 Å². The number of hydrogen-bond donors (Lipinski definition) is 1. The number of benzene rings is 1. The third-order valence-corrected chi connectivity index (χ3v) is 4.02. The molecule has 2 heterocycles. The Kier molecular flexibility index (Phi) is 3.28. The minimum absolute atomic E-state index is 0.469. The molecule has 1 aliphatic heterocycles. The number of nitrogens with one attached hydrogen (secondary N) is 1. The van der Waals surface area contributed by atoms with Crippen molar-refractivity contribution in [3.05, 3.63) is 41.1 Å². The molecular weight excluding hydrogens is 246 g/mol. The second kappa shape index (κ2) is 4.97. The lowest BCUT2D eigenvalue weighted by Gasteiger charge is -2.14. The third-order valence-electron chi connectivity index (χ3n) is 4.02. The summed E-state index contributed by atoms with van der Waals surface area (Å²) in [5, 5.41) is 8.41. The molecule has 106 valence electrons. The van der Waals surface area contributed by atoms with Crippen molar-refractivity contribution in [3.63, 3.8) is 0 Å². The molecular formula is C17H23N3. The highest BCUT2D eigenvalue weighted by Crippen LogP contribution is 2.34. The van der Waals surface area contributed by atoms with E-state index < -0.39 is 0 Å². The van der Waals surface area contributed by atoms with Crippen molar-refractivity contribution in [1.82, 2.24) is 9.78 Å². The highest BCUT2D eigenvalue weighted by molar-refractivity contribution is 5.59. The van der Waals surface area contributed by atoms with Crippen LogP contribution in [0, 0.1) is 0 Å².